The molecule has 2 aromatic carbocycles. The van der Waals surface area contributed by atoms with Crippen LogP contribution in [0, 0.1) is 18.3 Å². The summed E-state index contributed by atoms with van der Waals surface area (Å²) in [6, 6.07) is 13.8. The number of halogens is 3. The molecule has 1 aromatic heterocycles. The van der Waals surface area contributed by atoms with Gasteiger partial charge in [-0.25, -0.2) is 0 Å². The number of nitriles is 1. The second kappa shape index (κ2) is 6.96. The predicted molar refractivity (Wildman–Crippen MR) is 87.8 cm³/mol. The van der Waals surface area contributed by atoms with Crippen LogP contribution in [0.1, 0.15) is 22.7 Å². The van der Waals surface area contributed by atoms with E-state index in [4.69, 9.17) is 0 Å². The molecule has 5 nitrogen and oxygen atoms in total. The topological polar surface area (TPSA) is 67.4 Å². The molecule has 0 aliphatic heterocycles. The van der Waals surface area contributed by atoms with Crippen LogP contribution in [-0.4, -0.2) is 20.2 Å². The average Bonchev–Trinajstić information content (AvgIpc) is 3.10. The maximum Gasteiger partial charge on any atom is 0.416 e. The van der Waals surface area contributed by atoms with Crippen molar-refractivity contribution in [3.8, 4) is 17.5 Å². The Balaban J connectivity index is 1.84. The highest BCUT2D eigenvalue weighted by Crippen LogP contribution is 2.31. The summed E-state index contributed by atoms with van der Waals surface area (Å²) >= 11 is 0. The Morgan fingerprint density at radius 3 is 2.54 bits per heavy atom. The number of benzene rings is 2. The fourth-order valence-electron chi connectivity index (χ4n) is 2.43. The highest BCUT2D eigenvalue weighted by Gasteiger charge is 2.30. The highest BCUT2D eigenvalue weighted by molar-refractivity contribution is 5.55. The maximum atomic E-state index is 12.8. The second-order valence-corrected chi connectivity index (χ2v) is 5.85. The summed E-state index contributed by atoms with van der Waals surface area (Å²) in [6.07, 6.45) is -4.08. The molecule has 0 spiro atoms. The number of aromatic nitrogens is 4. The molecule has 0 saturated carbocycles. The van der Waals surface area contributed by atoms with Gasteiger partial charge in [0.1, 0.15) is 0 Å². The molecule has 26 heavy (non-hydrogen) atoms. The molecule has 0 amide bonds. The van der Waals surface area contributed by atoms with Gasteiger partial charge in [-0.3, -0.25) is 0 Å². The van der Waals surface area contributed by atoms with Crippen LogP contribution in [0.15, 0.2) is 48.5 Å². The van der Waals surface area contributed by atoms with Crippen LogP contribution in [0.5, 0.6) is 0 Å². The van der Waals surface area contributed by atoms with Crippen molar-refractivity contribution in [2.45, 2.75) is 25.6 Å². The Bertz CT molecular complexity index is 938. The van der Waals surface area contributed by atoms with Crippen LogP contribution >= 0.6 is 0 Å². The van der Waals surface area contributed by atoms with Gasteiger partial charge in [0.15, 0.2) is 6.04 Å². The van der Waals surface area contributed by atoms with Gasteiger partial charge in [0.25, 0.3) is 0 Å². The number of hydrogen-bond acceptors (Lipinski definition) is 4. The van der Waals surface area contributed by atoms with Gasteiger partial charge in [-0.15, -0.1) is 15.0 Å². The van der Waals surface area contributed by atoms with Crippen LogP contribution < -0.4 is 0 Å². The minimum Gasteiger partial charge on any atom is -0.196 e. The number of rotatable bonds is 4. The molecule has 3 aromatic rings. The quantitative estimate of drug-likeness (QED) is 0.708. The van der Waals surface area contributed by atoms with E-state index >= 15 is 0 Å². The van der Waals surface area contributed by atoms with Crippen molar-refractivity contribution >= 4 is 0 Å². The molecule has 1 heterocycles. The van der Waals surface area contributed by atoms with E-state index < -0.39 is 17.8 Å². The monoisotopic (exact) mass is 357 g/mol. The van der Waals surface area contributed by atoms with Gasteiger partial charge in [0, 0.05) is 12.0 Å². The molecule has 0 bridgehead atoms. The lowest BCUT2D eigenvalue weighted by molar-refractivity contribution is -0.137. The minimum absolute atomic E-state index is 0.0419. The summed E-state index contributed by atoms with van der Waals surface area (Å²) in [7, 11) is 0. The van der Waals surface area contributed by atoms with Gasteiger partial charge in [-0.1, -0.05) is 42.0 Å². The summed E-state index contributed by atoms with van der Waals surface area (Å²) < 4.78 is 38.5. The lowest BCUT2D eigenvalue weighted by Gasteiger charge is -2.08. The van der Waals surface area contributed by atoms with Crippen molar-refractivity contribution in [2.75, 3.05) is 0 Å². The number of aryl methyl sites for hydroxylation is 1. The van der Waals surface area contributed by atoms with Gasteiger partial charge in [0.2, 0.25) is 5.82 Å². The third-order valence-electron chi connectivity index (χ3n) is 3.85. The van der Waals surface area contributed by atoms with Gasteiger partial charge < -0.3 is 0 Å². The molecule has 1 unspecified atom stereocenters. The van der Waals surface area contributed by atoms with Crippen LogP contribution in [0.25, 0.3) is 11.4 Å². The van der Waals surface area contributed by atoms with E-state index in [1.807, 2.05) is 31.2 Å². The molecule has 8 heteroatoms. The molecule has 1 atom stereocenters. The van der Waals surface area contributed by atoms with Crippen LogP contribution in [0.4, 0.5) is 13.2 Å². The van der Waals surface area contributed by atoms with Gasteiger partial charge in [-0.2, -0.15) is 18.4 Å². The van der Waals surface area contributed by atoms with E-state index in [0.717, 1.165) is 28.1 Å². The first-order valence-corrected chi connectivity index (χ1v) is 7.79. The minimum atomic E-state index is -4.45. The van der Waals surface area contributed by atoms with Gasteiger partial charge >= 0.3 is 6.18 Å². The first-order chi connectivity index (χ1) is 12.4. The van der Waals surface area contributed by atoms with Crippen LogP contribution in [0.3, 0.4) is 0 Å². The standard InChI is InChI=1S/C18H14F3N5/c1-12-5-7-13(8-6-12)9-16(11-22)26-24-17(23-25-26)14-3-2-4-15(10-14)18(19,20)21/h2-8,10,16H,9H2,1H3. The summed E-state index contributed by atoms with van der Waals surface area (Å²) in [5.74, 6) is 0.0419. The lowest BCUT2D eigenvalue weighted by Crippen LogP contribution is -2.13. The normalized spacial score (nSPS) is 12.6. The SMILES string of the molecule is Cc1ccc(CC(C#N)n2nnc(-c3cccc(C(F)(F)F)c3)n2)cc1. The van der Waals surface area contributed by atoms with E-state index in [9.17, 15) is 18.4 Å². The van der Waals surface area contributed by atoms with Crippen molar-refractivity contribution in [1.82, 2.24) is 20.2 Å². The summed E-state index contributed by atoms with van der Waals surface area (Å²) in [4.78, 5) is 1.13. The first-order valence-electron chi connectivity index (χ1n) is 7.79. The number of alkyl halides is 3. The van der Waals surface area contributed by atoms with Crippen molar-refractivity contribution in [3.63, 3.8) is 0 Å². The molecule has 0 aliphatic rings. The average molecular weight is 357 g/mol. The summed E-state index contributed by atoms with van der Waals surface area (Å²) in [5.41, 5.74) is 1.44. The maximum absolute atomic E-state index is 12.8. The van der Waals surface area contributed by atoms with Crippen molar-refractivity contribution in [3.05, 3.63) is 65.2 Å². The molecule has 0 radical (unpaired) electrons. The molecule has 0 N–H and O–H groups in total. The molecule has 0 saturated heterocycles. The Morgan fingerprint density at radius 1 is 1.15 bits per heavy atom. The van der Waals surface area contributed by atoms with Gasteiger partial charge in [0.05, 0.1) is 11.6 Å². The Morgan fingerprint density at radius 2 is 1.88 bits per heavy atom. The van der Waals surface area contributed by atoms with E-state index in [-0.39, 0.29) is 11.4 Å². The fraction of sp³-hybridized carbons (Fsp3) is 0.222. The zero-order valence-corrected chi connectivity index (χ0v) is 13.8. The smallest absolute Gasteiger partial charge is 0.196 e. The highest BCUT2D eigenvalue weighted by atomic mass is 19.4. The summed E-state index contributed by atoms with van der Waals surface area (Å²) in [5, 5.41) is 21.1. The van der Waals surface area contributed by atoms with E-state index in [1.165, 1.54) is 12.1 Å². The van der Waals surface area contributed by atoms with Crippen molar-refractivity contribution in [2.24, 2.45) is 0 Å². The van der Waals surface area contributed by atoms with Crippen LogP contribution in [-0.2, 0) is 12.6 Å². The predicted octanol–water partition coefficient (Wildman–Crippen LogP) is 3.97. The molecular weight excluding hydrogens is 343 g/mol. The van der Waals surface area contributed by atoms with E-state index in [0.29, 0.717) is 6.42 Å². The van der Waals surface area contributed by atoms with Gasteiger partial charge in [-0.05, 0) is 29.8 Å². The zero-order chi connectivity index (χ0) is 18.7. The fourth-order valence-corrected chi connectivity index (χ4v) is 2.43. The number of nitrogens with zero attached hydrogens (tertiary/aromatic N) is 5. The van der Waals surface area contributed by atoms with Crippen molar-refractivity contribution < 1.29 is 13.2 Å². The molecule has 132 valence electrons. The molecular formula is C18H14F3N5. The Labute approximate surface area is 147 Å². The number of hydrogen-bond donors (Lipinski definition) is 0. The molecule has 0 aliphatic carbocycles. The lowest BCUT2D eigenvalue weighted by atomic mass is 10.1. The van der Waals surface area contributed by atoms with Crippen molar-refractivity contribution in [1.29, 1.82) is 5.26 Å². The number of tetrazole rings is 1. The third kappa shape index (κ3) is 3.88. The van der Waals surface area contributed by atoms with Crippen LogP contribution in [0.2, 0.25) is 0 Å². The van der Waals surface area contributed by atoms with E-state index in [1.54, 1.807) is 0 Å². The molecule has 3 rings (SSSR count). The first kappa shape index (κ1) is 17.6. The Hall–Kier alpha value is -3.21. The summed E-state index contributed by atoms with van der Waals surface area (Å²) in [6.45, 7) is 1.96. The largest absolute Gasteiger partial charge is 0.416 e. The third-order valence-corrected chi connectivity index (χ3v) is 3.85. The second-order valence-electron chi connectivity index (χ2n) is 5.85. The van der Waals surface area contributed by atoms with E-state index in [2.05, 4.69) is 21.5 Å². The Kier molecular flexibility index (Phi) is 4.71. The zero-order valence-electron chi connectivity index (χ0n) is 13.8. The molecule has 0 fully saturated rings.